The van der Waals surface area contributed by atoms with Crippen molar-refractivity contribution in [2.45, 2.75) is 67.7 Å². The second-order valence-corrected chi connectivity index (χ2v) is 7.21. The van der Waals surface area contributed by atoms with E-state index in [0.29, 0.717) is 5.41 Å². The lowest BCUT2D eigenvalue weighted by molar-refractivity contribution is -0.139. The minimum absolute atomic E-state index is 0.253. The Morgan fingerprint density at radius 1 is 1.00 bits per heavy atom. The smallest absolute Gasteiger partial charge is 0.227 e. The fourth-order valence-corrected chi connectivity index (χ4v) is 1.86. The first-order chi connectivity index (χ1) is 7.58. The maximum Gasteiger partial charge on any atom is 0.227 e. The third-order valence-electron chi connectivity index (χ3n) is 2.78. The minimum Gasteiger partial charge on any atom is -0.342 e. The van der Waals surface area contributed by atoms with Crippen LogP contribution in [-0.2, 0) is 4.79 Å². The van der Waals surface area contributed by atoms with E-state index in [1.54, 1.807) is 0 Å². The molecule has 0 heterocycles. The monoisotopic (exact) mass is 241 g/mol. The van der Waals surface area contributed by atoms with E-state index >= 15 is 0 Å². The Labute approximate surface area is 108 Å². The van der Waals surface area contributed by atoms with E-state index in [-0.39, 0.29) is 11.3 Å². The van der Waals surface area contributed by atoms with E-state index in [9.17, 15) is 4.79 Å². The first-order valence-corrected chi connectivity index (χ1v) is 6.87. The molecule has 0 aliphatic rings. The predicted molar refractivity (Wildman–Crippen MR) is 75.0 cm³/mol. The van der Waals surface area contributed by atoms with E-state index in [1.165, 1.54) is 6.42 Å². The molecule has 102 valence electrons. The molecule has 0 spiro atoms. The van der Waals surface area contributed by atoms with Crippen LogP contribution in [0.5, 0.6) is 0 Å². The zero-order valence-electron chi connectivity index (χ0n) is 12.9. The number of carbonyl (C=O) groups excluding carboxylic acids is 1. The standard InChI is InChI=1S/C15H31NO/c1-8-11-16(13(17)15(5,6)7)12-9-10-14(2,3)4/h8-12H2,1-7H3. The molecule has 0 aromatic rings. The zero-order valence-corrected chi connectivity index (χ0v) is 12.9. The lowest BCUT2D eigenvalue weighted by Crippen LogP contribution is -2.40. The summed E-state index contributed by atoms with van der Waals surface area (Å²) in [6.45, 7) is 16.7. The molecule has 2 nitrogen and oxygen atoms in total. The summed E-state index contributed by atoms with van der Waals surface area (Å²) in [6.07, 6.45) is 3.31. The highest BCUT2D eigenvalue weighted by Gasteiger charge is 2.26. The fourth-order valence-electron chi connectivity index (χ4n) is 1.86. The average Bonchev–Trinajstić information content (AvgIpc) is 2.12. The third-order valence-corrected chi connectivity index (χ3v) is 2.78. The van der Waals surface area contributed by atoms with Crippen molar-refractivity contribution >= 4 is 5.91 Å². The van der Waals surface area contributed by atoms with Gasteiger partial charge in [0, 0.05) is 18.5 Å². The van der Waals surface area contributed by atoms with Gasteiger partial charge in [-0.2, -0.15) is 0 Å². The summed E-state index contributed by atoms with van der Waals surface area (Å²) in [4.78, 5) is 14.3. The van der Waals surface area contributed by atoms with Crippen LogP contribution in [0.15, 0.2) is 0 Å². The Bertz CT molecular complexity index is 232. The number of nitrogens with zero attached hydrogens (tertiary/aromatic N) is 1. The van der Waals surface area contributed by atoms with Gasteiger partial charge in [0.15, 0.2) is 0 Å². The fraction of sp³-hybridized carbons (Fsp3) is 0.933. The molecule has 0 aromatic heterocycles. The van der Waals surface area contributed by atoms with Gasteiger partial charge in [-0.25, -0.2) is 0 Å². The molecule has 0 fully saturated rings. The van der Waals surface area contributed by atoms with Crippen molar-refractivity contribution in [2.24, 2.45) is 10.8 Å². The maximum absolute atomic E-state index is 12.2. The van der Waals surface area contributed by atoms with Gasteiger partial charge in [-0.1, -0.05) is 48.5 Å². The molecule has 0 atom stereocenters. The number of carbonyl (C=O) groups is 1. The van der Waals surface area contributed by atoms with E-state index in [4.69, 9.17) is 0 Å². The van der Waals surface area contributed by atoms with Gasteiger partial charge < -0.3 is 4.90 Å². The first-order valence-electron chi connectivity index (χ1n) is 6.87. The highest BCUT2D eigenvalue weighted by atomic mass is 16.2. The molecule has 0 N–H and O–H groups in total. The summed E-state index contributed by atoms with van der Waals surface area (Å²) in [5.41, 5.74) is 0.111. The Morgan fingerprint density at radius 2 is 1.53 bits per heavy atom. The lowest BCUT2D eigenvalue weighted by Gasteiger charge is -2.30. The van der Waals surface area contributed by atoms with Crippen molar-refractivity contribution in [2.75, 3.05) is 13.1 Å². The van der Waals surface area contributed by atoms with Crippen LogP contribution in [0, 0.1) is 10.8 Å². The van der Waals surface area contributed by atoms with Crippen LogP contribution in [0.4, 0.5) is 0 Å². The molecule has 0 aromatic carbocycles. The highest BCUT2D eigenvalue weighted by Crippen LogP contribution is 2.22. The van der Waals surface area contributed by atoms with Crippen molar-refractivity contribution in [3.8, 4) is 0 Å². The molecule has 0 aliphatic carbocycles. The Balaban J connectivity index is 4.30. The number of hydrogen-bond acceptors (Lipinski definition) is 1. The second kappa shape index (κ2) is 6.42. The predicted octanol–water partition coefficient (Wildman–Crippen LogP) is 4.10. The zero-order chi connectivity index (χ0) is 13.7. The van der Waals surface area contributed by atoms with E-state index < -0.39 is 0 Å². The number of amides is 1. The molecule has 0 rings (SSSR count). The van der Waals surface area contributed by atoms with Crippen LogP contribution in [-0.4, -0.2) is 23.9 Å². The Hall–Kier alpha value is -0.530. The van der Waals surface area contributed by atoms with Gasteiger partial charge in [-0.05, 0) is 24.7 Å². The molecule has 0 unspecified atom stereocenters. The molecule has 17 heavy (non-hydrogen) atoms. The molecule has 0 radical (unpaired) electrons. The van der Waals surface area contributed by atoms with Crippen molar-refractivity contribution in [3.05, 3.63) is 0 Å². The van der Waals surface area contributed by atoms with Gasteiger partial charge in [0.05, 0.1) is 0 Å². The molecular formula is C15H31NO. The van der Waals surface area contributed by atoms with Crippen molar-refractivity contribution in [1.29, 1.82) is 0 Å². The quantitative estimate of drug-likeness (QED) is 0.709. The van der Waals surface area contributed by atoms with Crippen LogP contribution in [0.3, 0.4) is 0 Å². The summed E-state index contributed by atoms with van der Waals surface area (Å²) in [6, 6.07) is 0. The van der Waals surface area contributed by atoms with E-state index in [1.807, 2.05) is 25.7 Å². The van der Waals surface area contributed by atoms with Crippen LogP contribution >= 0.6 is 0 Å². The van der Waals surface area contributed by atoms with Gasteiger partial charge in [0.1, 0.15) is 0 Å². The van der Waals surface area contributed by atoms with Crippen LogP contribution in [0.25, 0.3) is 0 Å². The minimum atomic E-state index is -0.253. The summed E-state index contributed by atoms with van der Waals surface area (Å²) in [7, 11) is 0. The summed E-state index contributed by atoms with van der Waals surface area (Å²) in [5.74, 6) is 0.285. The molecule has 1 amide bonds. The summed E-state index contributed by atoms with van der Waals surface area (Å²) < 4.78 is 0. The Kier molecular flexibility index (Phi) is 6.22. The van der Waals surface area contributed by atoms with E-state index in [2.05, 4.69) is 27.7 Å². The SMILES string of the molecule is CCCN(CCCC(C)(C)C)C(=O)C(C)(C)C. The van der Waals surface area contributed by atoms with Gasteiger partial charge in [0.25, 0.3) is 0 Å². The molecular weight excluding hydrogens is 210 g/mol. The lowest BCUT2D eigenvalue weighted by atomic mass is 9.90. The molecule has 0 saturated carbocycles. The third kappa shape index (κ3) is 7.40. The van der Waals surface area contributed by atoms with Crippen molar-refractivity contribution in [1.82, 2.24) is 4.90 Å². The topological polar surface area (TPSA) is 20.3 Å². The van der Waals surface area contributed by atoms with Gasteiger partial charge in [-0.15, -0.1) is 0 Å². The van der Waals surface area contributed by atoms with E-state index in [0.717, 1.165) is 25.9 Å². The second-order valence-electron chi connectivity index (χ2n) is 7.21. The van der Waals surface area contributed by atoms with Crippen LogP contribution in [0.2, 0.25) is 0 Å². The number of rotatable bonds is 5. The number of hydrogen-bond donors (Lipinski definition) is 0. The van der Waals surface area contributed by atoms with Crippen LogP contribution in [0.1, 0.15) is 67.7 Å². The largest absolute Gasteiger partial charge is 0.342 e. The van der Waals surface area contributed by atoms with Gasteiger partial charge in [-0.3, -0.25) is 4.79 Å². The van der Waals surface area contributed by atoms with Crippen LogP contribution < -0.4 is 0 Å². The summed E-state index contributed by atoms with van der Waals surface area (Å²) >= 11 is 0. The Morgan fingerprint density at radius 3 is 1.88 bits per heavy atom. The maximum atomic E-state index is 12.2. The average molecular weight is 241 g/mol. The molecule has 0 bridgehead atoms. The normalized spacial score (nSPS) is 12.6. The van der Waals surface area contributed by atoms with Crippen molar-refractivity contribution < 1.29 is 4.79 Å². The highest BCUT2D eigenvalue weighted by molar-refractivity contribution is 5.81. The van der Waals surface area contributed by atoms with Crippen molar-refractivity contribution in [3.63, 3.8) is 0 Å². The van der Waals surface area contributed by atoms with Gasteiger partial charge >= 0.3 is 0 Å². The summed E-state index contributed by atoms with van der Waals surface area (Å²) in [5, 5.41) is 0. The molecule has 0 aliphatic heterocycles. The van der Waals surface area contributed by atoms with Gasteiger partial charge in [0.2, 0.25) is 5.91 Å². The molecule has 0 saturated heterocycles. The first kappa shape index (κ1) is 16.5. The molecule has 2 heteroatoms.